The number of aromatic nitrogens is 1. The number of nitrogens with zero attached hydrogens (tertiary/aromatic N) is 2. The fraction of sp³-hybridized carbons (Fsp3) is 0.129. The molecule has 0 aliphatic heterocycles. The van der Waals surface area contributed by atoms with Crippen LogP contribution in [0.4, 0.5) is 0 Å². The third kappa shape index (κ3) is 5.00. The van der Waals surface area contributed by atoms with Crippen LogP contribution in [0.25, 0.3) is 11.1 Å². The van der Waals surface area contributed by atoms with Crippen LogP contribution in [0, 0.1) is 6.92 Å². The fourth-order valence-corrected chi connectivity index (χ4v) is 4.61. The predicted molar refractivity (Wildman–Crippen MR) is 145 cm³/mol. The highest BCUT2D eigenvalue weighted by atomic mass is 35.5. The summed E-state index contributed by atoms with van der Waals surface area (Å²) in [5.74, 6) is 0.506. The molecule has 36 heavy (non-hydrogen) atoms. The summed E-state index contributed by atoms with van der Waals surface area (Å²) >= 11 is 6.11. The lowest BCUT2D eigenvalue weighted by atomic mass is 9.90. The molecule has 1 aromatic heterocycles. The summed E-state index contributed by atoms with van der Waals surface area (Å²) in [6.07, 6.45) is 6.64. The van der Waals surface area contributed by atoms with Crippen molar-refractivity contribution in [3.05, 3.63) is 136 Å². The van der Waals surface area contributed by atoms with E-state index in [9.17, 15) is 4.79 Å². The zero-order valence-corrected chi connectivity index (χ0v) is 20.7. The van der Waals surface area contributed by atoms with Gasteiger partial charge >= 0.3 is 0 Å². The maximum Gasteiger partial charge on any atom is 0.189 e. The maximum absolute atomic E-state index is 13.5. The number of halogens is 1. The molecular formula is C31H25ClN2O2. The van der Waals surface area contributed by atoms with Gasteiger partial charge in [0, 0.05) is 16.2 Å². The van der Waals surface area contributed by atoms with Crippen LogP contribution in [0.5, 0.6) is 0 Å². The van der Waals surface area contributed by atoms with Crippen LogP contribution in [-0.4, -0.2) is 17.2 Å². The van der Waals surface area contributed by atoms with Crippen molar-refractivity contribution in [2.45, 2.75) is 25.8 Å². The van der Waals surface area contributed by atoms with Crippen molar-refractivity contribution >= 4 is 23.6 Å². The quantitative estimate of drug-likeness (QED) is 0.195. The number of Topliss-reactive ketones (excluding diaryl/α,β-unsaturated/α-hetero) is 1. The van der Waals surface area contributed by atoms with Crippen LogP contribution in [0.1, 0.15) is 51.8 Å². The molecule has 1 aliphatic carbocycles. The summed E-state index contributed by atoms with van der Waals surface area (Å²) in [7, 11) is 0. The second kappa shape index (κ2) is 10.7. The number of hydrogen-bond donors (Lipinski definition) is 0. The molecule has 4 nitrogen and oxygen atoms in total. The van der Waals surface area contributed by atoms with Crippen LogP contribution in [0.3, 0.4) is 0 Å². The second-order valence-electron chi connectivity index (χ2n) is 8.69. The van der Waals surface area contributed by atoms with Gasteiger partial charge in [0.1, 0.15) is 6.04 Å². The van der Waals surface area contributed by atoms with Gasteiger partial charge in [0.05, 0.1) is 17.5 Å². The predicted octanol–water partition coefficient (Wildman–Crippen LogP) is 7.88. The molecule has 5 heteroatoms. The molecule has 0 saturated carbocycles. The Hall–Kier alpha value is -4.02. The molecule has 0 saturated heterocycles. The van der Waals surface area contributed by atoms with Gasteiger partial charge in [0.25, 0.3) is 0 Å². The second-order valence-corrected chi connectivity index (χ2v) is 9.17. The van der Waals surface area contributed by atoms with Gasteiger partial charge in [-0.25, -0.2) is 0 Å². The summed E-state index contributed by atoms with van der Waals surface area (Å²) in [6.45, 7) is 1.88. The van der Waals surface area contributed by atoms with Gasteiger partial charge in [-0.1, -0.05) is 108 Å². The lowest BCUT2D eigenvalue weighted by Crippen LogP contribution is -2.08. The average molecular weight is 493 g/mol. The first-order valence-electron chi connectivity index (χ1n) is 11.9. The topological polar surface area (TPSA) is 55.5 Å². The van der Waals surface area contributed by atoms with Gasteiger partial charge in [0.15, 0.2) is 11.5 Å². The van der Waals surface area contributed by atoms with E-state index in [2.05, 4.69) is 29.4 Å². The third-order valence-corrected chi connectivity index (χ3v) is 6.61. The van der Waals surface area contributed by atoms with Crippen LogP contribution < -0.4 is 0 Å². The molecule has 0 N–H and O–H groups in total. The largest absolute Gasteiger partial charge is 0.354 e. The Kier molecular flexibility index (Phi) is 7.06. The first kappa shape index (κ1) is 23.7. The SMILES string of the molecule is Cc1noc(/C=N\C(c2ccccc2)c2ccccc2)c1-c1ccccc1C(=O)C1=CC=C(Cl)CC1. The zero-order chi connectivity index (χ0) is 24.9. The number of carbonyl (C=O) groups excluding carboxylic acids is 1. The molecule has 0 spiro atoms. The summed E-state index contributed by atoms with van der Waals surface area (Å²) < 4.78 is 5.71. The number of aryl methyl sites for hydroxylation is 1. The minimum Gasteiger partial charge on any atom is -0.354 e. The molecule has 1 heterocycles. The number of rotatable bonds is 7. The van der Waals surface area contributed by atoms with Crippen LogP contribution in [0.15, 0.2) is 117 Å². The van der Waals surface area contributed by atoms with Gasteiger partial charge < -0.3 is 4.52 Å². The van der Waals surface area contributed by atoms with Crippen LogP contribution in [-0.2, 0) is 0 Å². The van der Waals surface area contributed by atoms with E-state index in [1.54, 1.807) is 12.3 Å². The number of allylic oxidation sites excluding steroid dienone is 4. The average Bonchev–Trinajstić information content (AvgIpc) is 3.30. The Balaban J connectivity index is 1.55. The van der Waals surface area contributed by atoms with Crippen molar-refractivity contribution in [2.75, 3.05) is 0 Å². The first-order valence-corrected chi connectivity index (χ1v) is 12.3. The highest BCUT2D eigenvalue weighted by Crippen LogP contribution is 2.33. The van der Waals surface area contributed by atoms with E-state index in [1.807, 2.05) is 73.7 Å². The Labute approximate surface area is 215 Å². The molecule has 0 atom stereocenters. The van der Waals surface area contributed by atoms with Crippen molar-refractivity contribution in [3.8, 4) is 11.1 Å². The van der Waals surface area contributed by atoms with Crippen LogP contribution in [0.2, 0.25) is 0 Å². The number of benzene rings is 3. The molecule has 4 aromatic rings. The minimum atomic E-state index is -0.202. The van der Waals surface area contributed by atoms with E-state index in [-0.39, 0.29) is 11.8 Å². The van der Waals surface area contributed by atoms with Gasteiger partial charge in [-0.3, -0.25) is 9.79 Å². The fourth-order valence-electron chi connectivity index (χ4n) is 4.45. The first-order chi connectivity index (χ1) is 17.6. The lowest BCUT2D eigenvalue weighted by Gasteiger charge is -2.14. The molecule has 0 fully saturated rings. The Bertz CT molecular complexity index is 1430. The summed E-state index contributed by atoms with van der Waals surface area (Å²) in [5.41, 5.74) is 5.75. The van der Waals surface area contributed by atoms with Crippen molar-refractivity contribution in [3.63, 3.8) is 0 Å². The number of hydrogen-bond acceptors (Lipinski definition) is 4. The number of carbonyl (C=O) groups is 1. The van der Waals surface area contributed by atoms with Gasteiger partial charge in [-0.05, 0) is 42.5 Å². The van der Waals surface area contributed by atoms with E-state index in [0.717, 1.165) is 32.9 Å². The molecular weight excluding hydrogens is 468 g/mol. The molecule has 0 unspecified atom stereocenters. The van der Waals surface area contributed by atoms with Gasteiger partial charge in [0.2, 0.25) is 0 Å². The van der Waals surface area contributed by atoms with Crippen molar-refractivity contribution in [2.24, 2.45) is 4.99 Å². The normalized spacial score (nSPS) is 13.6. The molecule has 0 bridgehead atoms. The molecule has 1 aliphatic rings. The monoisotopic (exact) mass is 492 g/mol. The van der Waals surface area contributed by atoms with Crippen LogP contribution >= 0.6 is 11.6 Å². The van der Waals surface area contributed by atoms with Gasteiger partial charge in [-0.15, -0.1) is 0 Å². The molecule has 0 amide bonds. The Morgan fingerprint density at radius 2 is 1.56 bits per heavy atom. The smallest absolute Gasteiger partial charge is 0.189 e. The third-order valence-electron chi connectivity index (χ3n) is 6.29. The molecule has 0 radical (unpaired) electrons. The summed E-state index contributed by atoms with van der Waals surface area (Å²) in [5, 5.41) is 4.98. The maximum atomic E-state index is 13.5. The van der Waals surface area contributed by atoms with Crippen molar-refractivity contribution < 1.29 is 9.32 Å². The minimum absolute atomic E-state index is 0.0130. The number of ketones is 1. The van der Waals surface area contributed by atoms with Gasteiger partial charge in [-0.2, -0.15) is 0 Å². The van der Waals surface area contributed by atoms with E-state index in [0.29, 0.717) is 29.9 Å². The molecule has 178 valence electrons. The zero-order valence-electron chi connectivity index (χ0n) is 19.9. The van der Waals surface area contributed by atoms with Crippen molar-refractivity contribution in [1.29, 1.82) is 0 Å². The Morgan fingerprint density at radius 1 is 0.917 bits per heavy atom. The Morgan fingerprint density at radius 3 is 2.19 bits per heavy atom. The van der Waals surface area contributed by atoms with E-state index in [4.69, 9.17) is 21.1 Å². The molecule has 3 aromatic carbocycles. The van der Waals surface area contributed by atoms with E-state index in [1.165, 1.54) is 0 Å². The highest BCUT2D eigenvalue weighted by Gasteiger charge is 2.23. The molecule has 5 rings (SSSR count). The van der Waals surface area contributed by atoms with E-state index >= 15 is 0 Å². The van der Waals surface area contributed by atoms with E-state index < -0.39 is 0 Å². The highest BCUT2D eigenvalue weighted by molar-refractivity contribution is 6.30. The summed E-state index contributed by atoms with van der Waals surface area (Å²) in [6, 6.07) is 27.6. The lowest BCUT2D eigenvalue weighted by molar-refractivity contribution is 0.103. The summed E-state index contributed by atoms with van der Waals surface area (Å²) in [4.78, 5) is 18.4. The standard InChI is InChI=1S/C31H25ClN2O2/c1-21-29(26-14-8-9-15-27(26)31(35)24-16-18-25(32)19-17-24)28(36-34-21)20-33-30(22-10-4-2-5-11-22)23-12-6-3-7-13-23/h2-16,18,20,30H,17,19H2,1H3/b33-20-. The number of aliphatic imine (C=N–C) groups is 1. The van der Waals surface area contributed by atoms with Crippen molar-refractivity contribution in [1.82, 2.24) is 5.16 Å².